The van der Waals surface area contributed by atoms with Gasteiger partial charge in [0, 0.05) is 0 Å². The number of hydrogen-bond donors (Lipinski definition) is 2. The van der Waals surface area contributed by atoms with E-state index in [-0.39, 0.29) is 22.6 Å². The van der Waals surface area contributed by atoms with E-state index in [0.717, 1.165) is 0 Å². The molecule has 0 saturated heterocycles. The Hall–Kier alpha value is -3.35. The van der Waals surface area contributed by atoms with Crippen LogP contribution in [0.5, 0.6) is 5.75 Å². The van der Waals surface area contributed by atoms with Crippen molar-refractivity contribution in [3.63, 3.8) is 0 Å². The summed E-state index contributed by atoms with van der Waals surface area (Å²) in [5.41, 5.74) is 5.68. The Bertz CT molecular complexity index is 758. The molecule has 0 saturated carbocycles. The second-order valence-corrected chi connectivity index (χ2v) is 4.44. The molecular weight excluding hydrogens is 300 g/mol. The van der Waals surface area contributed by atoms with Crippen molar-refractivity contribution in [3.05, 3.63) is 59.7 Å². The number of carbonyl (C=O) groups is 3. The van der Waals surface area contributed by atoms with Crippen LogP contribution >= 0.6 is 0 Å². The summed E-state index contributed by atoms with van der Waals surface area (Å²) in [6.45, 7) is 0. The zero-order chi connectivity index (χ0) is 16.8. The van der Waals surface area contributed by atoms with Crippen molar-refractivity contribution < 1.29 is 23.9 Å². The number of primary amides is 1. The van der Waals surface area contributed by atoms with Gasteiger partial charge in [-0.15, -0.1) is 0 Å². The van der Waals surface area contributed by atoms with Crippen molar-refractivity contribution in [1.82, 2.24) is 0 Å². The molecule has 0 bridgehead atoms. The lowest BCUT2D eigenvalue weighted by atomic mass is 10.1. The smallest absolute Gasteiger partial charge is 0.345 e. The van der Waals surface area contributed by atoms with Crippen molar-refractivity contribution in [2.75, 3.05) is 12.4 Å². The second kappa shape index (κ2) is 7.08. The highest BCUT2D eigenvalue weighted by Gasteiger charge is 2.15. The van der Waals surface area contributed by atoms with Crippen LogP contribution in [0.25, 0.3) is 0 Å². The van der Waals surface area contributed by atoms with Gasteiger partial charge < -0.3 is 20.5 Å². The van der Waals surface area contributed by atoms with E-state index in [2.05, 4.69) is 10.1 Å². The number of benzene rings is 2. The number of para-hydroxylation sites is 1. The number of urea groups is 1. The topological polar surface area (TPSA) is 108 Å². The number of esters is 2. The van der Waals surface area contributed by atoms with Gasteiger partial charge in [-0.2, -0.15) is 0 Å². The van der Waals surface area contributed by atoms with Crippen LogP contribution in [0.15, 0.2) is 48.5 Å². The van der Waals surface area contributed by atoms with Gasteiger partial charge in [-0.25, -0.2) is 14.4 Å². The predicted octanol–water partition coefficient (Wildman–Crippen LogP) is 2.18. The van der Waals surface area contributed by atoms with Gasteiger partial charge in [-0.1, -0.05) is 18.2 Å². The number of hydrogen-bond acceptors (Lipinski definition) is 5. The summed E-state index contributed by atoms with van der Waals surface area (Å²) in [6, 6.07) is 11.5. The van der Waals surface area contributed by atoms with Crippen LogP contribution in [0.3, 0.4) is 0 Å². The molecule has 2 aromatic rings. The Kier molecular flexibility index (Phi) is 4.93. The summed E-state index contributed by atoms with van der Waals surface area (Å²) in [6.07, 6.45) is 0. The van der Waals surface area contributed by atoms with Crippen molar-refractivity contribution >= 4 is 23.7 Å². The van der Waals surface area contributed by atoms with Crippen LogP contribution in [0, 0.1) is 0 Å². The Morgan fingerprint density at radius 3 is 2.43 bits per heavy atom. The zero-order valence-electron chi connectivity index (χ0n) is 12.2. The minimum Gasteiger partial charge on any atom is -0.465 e. The van der Waals surface area contributed by atoms with Crippen molar-refractivity contribution in [2.24, 2.45) is 5.73 Å². The normalized spacial score (nSPS) is 9.78. The second-order valence-electron chi connectivity index (χ2n) is 4.44. The molecule has 0 aliphatic carbocycles. The Balaban J connectivity index is 2.23. The first-order valence-electron chi connectivity index (χ1n) is 6.57. The van der Waals surface area contributed by atoms with E-state index in [0.29, 0.717) is 0 Å². The molecule has 118 valence electrons. The first kappa shape index (κ1) is 16.0. The molecule has 0 spiro atoms. The molecule has 0 unspecified atom stereocenters. The monoisotopic (exact) mass is 314 g/mol. The largest absolute Gasteiger partial charge is 0.465 e. The molecule has 2 amide bonds. The van der Waals surface area contributed by atoms with E-state index in [9.17, 15) is 14.4 Å². The van der Waals surface area contributed by atoms with Crippen LogP contribution in [-0.2, 0) is 4.74 Å². The number of ether oxygens (including phenoxy) is 2. The van der Waals surface area contributed by atoms with Crippen LogP contribution in [0.4, 0.5) is 10.5 Å². The molecule has 0 aliphatic rings. The Morgan fingerprint density at radius 1 is 1.00 bits per heavy atom. The molecular formula is C16H14N2O5. The summed E-state index contributed by atoms with van der Waals surface area (Å²) < 4.78 is 9.82. The van der Waals surface area contributed by atoms with E-state index < -0.39 is 18.0 Å². The Labute approximate surface area is 132 Å². The van der Waals surface area contributed by atoms with Gasteiger partial charge in [0.25, 0.3) is 0 Å². The molecule has 0 heterocycles. The fraction of sp³-hybridized carbons (Fsp3) is 0.0625. The molecule has 7 nitrogen and oxygen atoms in total. The first-order valence-corrected chi connectivity index (χ1v) is 6.57. The summed E-state index contributed by atoms with van der Waals surface area (Å²) in [5, 5.41) is 2.34. The SMILES string of the molecule is COC(=O)c1cccc(OC(=O)c2ccccc2NC(N)=O)c1. The number of nitrogens with one attached hydrogen (secondary N) is 1. The van der Waals surface area contributed by atoms with E-state index >= 15 is 0 Å². The van der Waals surface area contributed by atoms with Crippen molar-refractivity contribution in [3.8, 4) is 5.75 Å². The molecule has 3 N–H and O–H groups in total. The third kappa shape index (κ3) is 4.07. The van der Waals surface area contributed by atoms with E-state index in [1.165, 1.54) is 37.4 Å². The molecule has 0 aliphatic heterocycles. The molecule has 7 heteroatoms. The molecule has 0 aromatic heterocycles. The van der Waals surface area contributed by atoms with E-state index in [1.807, 2.05) is 0 Å². The van der Waals surface area contributed by atoms with Crippen LogP contribution in [0.1, 0.15) is 20.7 Å². The van der Waals surface area contributed by atoms with Crippen molar-refractivity contribution in [1.29, 1.82) is 0 Å². The average Bonchev–Trinajstić information content (AvgIpc) is 2.54. The first-order chi connectivity index (χ1) is 11.0. The fourth-order valence-electron chi connectivity index (χ4n) is 1.87. The number of carbonyl (C=O) groups excluding carboxylic acids is 3. The van der Waals surface area contributed by atoms with Crippen molar-refractivity contribution in [2.45, 2.75) is 0 Å². The van der Waals surface area contributed by atoms with E-state index in [1.54, 1.807) is 18.2 Å². The minimum absolute atomic E-state index is 0.134. The maximum atomic E-state index is 12.2. The van der Waals surface area contributed by atoms with Gasteiger partial charge in [0.1, 0.15) is 5.75 Å². The highest BCUT2D eigenvalue weighted by Crippen LogP contribution is 2.20. The zero-order valence-corrected chi connectivity index (χ0v) is 12.2. The number of nitrogens with two attached hydrogens (primary N) is 1. The van der Waals surface area contributed by atoms with Gasteiger partial charge in [0.05, 0.1) is 23.9 Å². The van der Waals surface area contributed by atoms with Crippen LogP contribution in [0.2, 0.25) is 0 Å². The molecule has 23 heavy (non-hydrogen) atoms. The molecule has 0 atom stereocenters. The Morgan fingerprint density at radius 2 is 1.74 bits per heavy atom. The standard InChI is InChI=1S/C16H14N2O5/c1-22-14(19)10-5-4-6-11(9-10)23-15(20)12-7-2-3-8-13(12)18-16(17)21/h2-9H,1H3,(H3,17,18,21). The lowest BCUT2D eigenvalue weighted by Gasteiger charge is -2.10. The molecule has 0 radical (unpaired) electrons. The fourth-order valence-corrected chi connectivity index (χ4v) is 1.87. The van der Waals surface area contributed by atoms with Crippen LogP contribution < -0.4 is 15.8 Å². The van der Waals surface area contributed by atoms with Gasteiger partial charge >= 0.3 is 18.0 Å². The maximum absolute atomic E-state index is 12.2. The average molecular weight is 314 g/mol. The van der Waals surface area contributed by atoms with Gasteiger partial charge in [-0.05, 0) is 30.3 Å². The minimum atomic E-state index is -0.794. The van der Waals surface area contributed by atoms with Gasteiger partial charge in [-0.3, -0.25) is 0 Å². The molecule has 2 aromatic carbocycles. The summed E-state index contributed by atoms with van der Waals surface area (Å²) in [4.78, 5) is 34.7. The lowest BCUT2D eigenvalue weighted by Crippen LogP contribution is -2.22. The number of anilines is 1. The third-order valence-corrected chi connectivity index (χ3v) is 2.87. The number of methoxy groups -OCH3 is 1. The predicted molar refractivity (Wildman–Crippen MR) is 82.4 cm³/mol. The number of rotatable bonds is 4. The van der Waals surface area contributed by atoms with E-state index in [4.69, 9.17) is 10.5 Å². The number of amides is 2. The third-order valence-electron chi connectivity index (χ3n) is 2.87. The summed E-state index contributed by atoms with van der Waals surface area (Å²) in [7, 11) is 1.26. The highest BCUT2D eigenvalue weighted by molar-refractivity contribution is 6.01. The van der Waals surface area contributed by atoms with Gasteiger partial charge in [0.15, 0.2) is 0 Å². The molecule has 0 fully saturated rings. The van der Waals surface area contributed by atoms with Gasteiger partial charge in [0.2, 0.25) is 0 Å². The quantitative estimate of drug-likeness (QED) is 0.664. The highest BCUT2D eigenvalue weighted by atomic mass is 16.5. The summed E-state index contributed by atoms with van der Waals surface area (Å²) >= 11 is 0. The maximum Gasteiger partial charge on any atom is 0.345 e. The lowest BCUT2D eigenvalue weighted by molar-refractivity contribution is 0.0597. The van der Waals surface area contributed by atoms with Crippen LogP contribution in [-0.4, -0.2) is 25.1 Å². The molecule has 2 rings (SSSR count). The summed E-state index contributed by atoms with van der Waals surface area (Å²) in [5.74, 6) is -1.07.